The van der Waals surface area contributed by atoms with Gasteiger partial charge in [0.05, 0.1) is 13.2 Å². The molecule has 0 aromatic rings. The van der Waals surface area contributed by atoms with E-state index < -0.39 is 0 Å². The zero-order chi connectivity index (χ0) is 14.0. The molecule has 5 nitrogen and oxygen atoms in total. The summed E-state index contributed by atoms with van der Waals surface area (Å²) in [6.07, 6.45) is 2.26. The molecule has 1 fully saturated rings. The Morgan fingerprint density at radius 1 is 1.11 bits per heavy atom. The second kappa shape index (κ2) is 9.66. The summed E-state index contributed by atoms with van der Waals surface area (Å²) in [5.74, 6) is 0. The zero-order valence-corrected chi connectivity index (χ0v) is 12.7. The van der Waals surface area contributed by atoms with E-state index in [0.29, 0.717) is 5.41 Å². The minimum absolute atomic E-state index is 0.328. The number of methoxy groups -OCH3 is 2. The predicted molar refractivity (Wildman–Crippen MR) is 76.6 cm³/mol. The molecule has 1 rings (SSSR count). The van der Waals surface area contributed by atoms with Crippen LogP contribution in [-0.4, -0.2) is 78.8 Å². The smallest absolute Gasteiger partial charge is 0.0589 e. The maximum atomic E-state index is 5.52. The molecule has 0 aromatic heterocycles. The SMILES string of the molecule is CNCC1(CN(CCOC)CCOC)CCOCC1. The minimum Gasteiger partial charge on any atom is -0.383 e. The van der Waals surface area contributed by atoms with E-state index in [-0.39, 0.29) is 0 Å². The van der Waals surface area contributed by atoms with Gasteiger partial charge in [0, 0.05) is 53.6 Å². The van der Waals surface area contributed by atoms with Crippen LogP contribution in [0.5, 0.6) is 0 Å². The largest absolute Gasteiger partial charge is 0.383 e. The fraction of sp³-hybridized carbons (Fsp3) is 1.00. The summed E-state index contributed by atoms with van der Waals surface area (Å²) < 4.78 is 15.9. The molecule has 1 aliphatic heterocycles. The molecule has 5 heteroatoms. The summed E-state index contributed by atoms with van der Waals surface area (Å²) >= 11 is 0. The van der Waals surface area contributed by atoms with Crippen LogP contribution >= 0.6 is 0 Å². The van der Waals surface area contributed by atoms with Crippen molar-refractivity contribution >= 4 is 0 Å². The number of hydrogen-bond donors (Lipinski definition) is 1. The third kappa shape index (κ3) is 6.19. The van der Waals surface area contributed by atoms with Crippen molar-refractivity contribution in [2.75, 3.05) is 73.9 Å². The second-order valence-electron chi connectivity index (χ2n) is 5.40. The Balaban J connectivity index is 2.54. The van der Waals surface area contributed by atoms with Crippen molar-refractivity contribution in [3.63, 3.8) is 0 Å². The first-order valence-electron chi connectivity index (χ1n) is 7.19. The molecule has 114 valence electrons. The van der Waals surface area contributed by atoms with E-state index in [1.54, 1.807) is 14.2 Å². The minimum atomic E-state index is 0.328. The van der Waals surface area contributed by atoms with E-state index in [9.17, 15) is 0 Å². The number of rotatable bonds is 10. The standard InChI is InChI=1S/C14H30N2O3/c1-15-12-14(4-8-19-9-5-14)13-16(6-10-17-2)7-11-18-3/h15H,4-13H2,1-3H3. The Bertz CT molecular complexity index is 207. The fourth-order valence-electron chi connectivity index (χ4n) is 2.76. The predicted octanol–water partition coefficient (Wildman–Crippen LogP) is 0.597. The lowest BCUT2D eigenvalue weighted by Gasteiger charge is -2.41. The lowest BCUT2D eigenvalue weighted by atomic mass is 9.79. The maximum absolute atomic E-state index is 5.52. The molecule has 19 heavy (non-hydrogen) atoms. The first kappa shape index (κ1) is 16.9. The van der Waals surface area contributed by atoms with E-state index in [2.05, 4.69) is 10.2 Å². The Kier molecular flexibility index (Phi) is 8.57. The second-order valence-corrected chi connectivity index (χ2v) is 5.40. The van der Waals surface area contributed by atoms with Gasteiger partial charge < -0.3 is 19.5 Å². The van der Waals surface area contributed by atoms with Gasteiger partial charge in [-0.05, 0) is 25.3 Å². The molecular formula is C14H30N2O3. The van der Waals surface area contributed by atoms with Crippen LogP contribution in [0.4, 0.5) is 0 Å². The number of nitrogens with zero attached hydrogens (tertiary/aromatic N) is 1. The third-order valence-electron chi connectivity index (χ3n) is 3.89. The first-order valence-corrected chi connectivity index (χ1v) is 7.19. The van der Waals surface area contributed by atoms with E-state index in [1.807, 2.05) is 7.05 Å². The summed E-state index contributed by atoms with van der Waals surface area (Å²) in [5.41, 5.74) is 0.328. The third-order valence-corrected chi connectivity index (χ3v) is 3.89. The van der Waals surface area contributed by atoms with Gasteiger partial charge in [0.1, 0.15) is 0 Å². The highest BCUT2D eigenvalue weighted by Crippen LogP contribution is 2.30. The normalized spacial score (nSPS) is 18.9. The van der Waals surface area contributed by atoms with E-state index in [1.165, 1.54) is 0 Å². The molecule has 0 spiro atoms. The molecule has 0 aliphatic carbocycles. The van der Waals surface area contributed by atoms with Crippen molar-refractivity contribution in [2.24, 2.45) is 5.41 Å². The van der Waals surface area contributed by atoms with Crippen LogP contribution < -0.4 is 5.32 Å². The molecule has 0 bridgehead atoms. The van der Waals surface area contributed by atoms with Crippen LogP contribution in [0.3, 0.4) is 0 Å². The molecule has 1 N–H and O–H groups in total. The summed E-state index contributed by atoms with van der Waals surface area (Å²) in [7, 11) is 5.55. The summed E-state index contributed by atoms with van der Waals surface area (Å²) in [6.45, 7) is 7.37. The highest BCUT2D eigenvalue weighted by Gasteiger charge is 2.33. The molecule has 0 unspecified atom stereocenters. The van der Waals surface area contributed by atoms with E-state index in [0.717, 1.165) is 65.4 Å². The fourth-order valence-corrected chi connectivity index (χ4v) is 2.76. The first-order chi connectivity index (χ1) is 9.26. The van der Waals surface area contributed by atoms with Gasteiger partial charge in [0.25, 0.3) is 0 Å². The Hall–Kier alpha value is -0.200. The van der Waals surface area contributed by atoms with Gasteiger partial charge in [0.2, 0.25) is 0 Å². The van der Waals surface area contributed by atoms with Gasteiger partial charge in [-0.2, -0.15) is 0 Å². The van der Waals surface area contributed by atoms with Crippen molar-refractivity contribution in [1.82, 2.24) is 10.2 Å². The Labute approximate surface area is 117 Å². The van der Waals surface area contributed by atoms with E-state index in [4.69, 9.17) is 14.2 Å². The van der Waals surface area contributed by atoms with Gasteiger partial charge in [-0.1, -0.05) is 0 Å². The van der Waals surface area contributed by atoms with Gasteiger partial charge in [-0.15, -0.1) is 0 Å². The van der Waals surface area contributed by atoms with E-state index >= 15 is 0 Å². The van der Waals surface area contributed by atoms with Crippen molar-refractivity contribution < 1.29 is 14.2 Å². The molecule has 0 saturated carbocycles. The summed E-state index contributed by atoms with van der Waals surface area (Å²) in [4.78, 5) is 2.45. The lowest BCUT2D eigenvalue weighted by Crippen LogP contribution is -2.48. The van der Waals surface area contributed by atoms with Crippen molar-refractivity contribution in [1.29, 1.82) is 0 Å². The average Bonchev–Trinajstić information content (AvgIpc) is 2.43. The zero-order valence-electron chi connectivity index (χ0n) is 12.7. The van der Waals surface area contributed by atoms with Crippen molar-refractivity contribution in [2.45, 2.75) is 12.8 Å². The van der Waals surface area contributed by atoms with Gasteiger partial charge in [0.15, 0.2) is 0 Å². The number of hydrogen-bond acceptors (Lipinski definition) is 5. The van der Waals surface area contributed by atoms with Crippen LogP contribution in [0.1, 0.15) is 12.8 Å². The van der Waals surface area contributed by atoms with Crippen molar-refractivity contribution in [3.8, 4) is 0 Å². The lowest BCUT2D eigenvalue weighted by molar-refractivity contribution is -0.0104. The highest BCUT2D eigenvalue weighted by atomic mass is 16.5. The molecule has 0 aromatic carbocycles. The molecular weight excluding hydrogens is 244 g/mol. The van der Waals surface area contributed by atoms with Gasteiger partial charge in [-0.25, -0.2) is 0 Å². The molecule has 1 heterocycles. The van der Waals surface area contributed by atoms with Crippen LogP contribution in [0.15, 0.2) is 0 Å². The number of ether oxygens (including phenoxy) is 3. The monoisotopic (exact) mass is 274 g/mol. The van der Waals surface area contributed by atoms with Crippen LogP contribution in [0.2, 0.25) is 0 Å². The molecule has 1 saturated heterocycles. The van der Waals surface area contributed by atoms with Crippen LogP contribution in [0.25, 0.3) is 0 Å². The molecule has 0 radical (unpaired) electrons. The van der Waals surface area contributed by atoms with Gasteiger partial charge in [-0.3, -0.25) is 4.90 Å². The summed E-state index contributed by atoms with van der Waals surface area (Å²) in [6, 6.07) is 0. The average molecular weight is 274 g/mol. The Morgan fingerprint density at radius 2 is 1.68 bits per heavy atom. The van der Waals surface area contributed by atoms with Crippen LogP contribution in [-0.2, 0) is 14.2 Å². The molecule has 1 aliphatic rings. The number of nitrogens with one attached hydrogen (secondary N) is 1. The Morgan fingerprint density at radius 3 is 2.16 bits per heavy atom. The topological polar surface area (TPSA) is 43.0 Å². The summed E-state index contributed by atoms with van der Waals surface area (Å²) in [5, 5.41) is 3.35. The van der Waals surface area contributed by atoms with Crippen molar-refractivity contribution in [3.05, 3.63) is 0 Å². The molecule has 0 atom stereocenters. The maximum Gasteiger partial charge on any atom is 0.0589 e. The highest BCUT2D eigenvalue weighted by molar-refractivity contribution is 4.87. The van der Waals surface area contributed by atoms with Gasteiger partial charge >= 0.3 is 0 Å². The molecule has 0 amide bonds. The quantitative estimate of drug-likeness (QED) is 0.632. The van der Waals surface area contributed by atoms with Crippen LogP contribution in [0, 0.1) is 5.41 Å².